The lowest BCUT2D eigenvalue weighted by Crippen LogP contribution is -2.36. The van der Waals surface area contributed by atoms with Crippen LogP contribution in [0.25, 0.3) is 0 Å². The number of rotatable bonds is 6. The van der Waals surface area contributed by atoms with Gasteiger partial charge in [-0.2, -0.15) is 0 Å². The first-order valence-electron chi connectivity index (χ1n) is 8.89. The third-order valence-corrected chi connectivity index (χ3v) is 5.34. The lowest BCUT2D eigenvalue weighted by molar-refractivity contribution is -0.122. The second-order valence-electron chi connectivity index (χ2n) is 6.46. The van der Waals surface area contributed by atoms with E-state index in [2.05, 4.69) is 25.9 Å². The van der Waals surface area contributed by atoms with Gasteiger partial charge < -0.3 is 16.0 Å². The van der Waals surface area contributed by atoms with Crippen molar-refractivity contribution in [2.24, 2.45) is 10.9 Å². The maximum atomic E-state index is 12.1. The summed E-state index contributed by atoms with van der Waals surface area (Å²) in [5, 5.41) is 10.6. The van der Waals surface area contributed by atoms with Gasteiger partial charge >= 0.3 is 0 Å². The molecule has 1 aliphatic rings. The number of benzene rings is 1. The first-order chi connectivity index (χ1) is 12.6. The molecule has 0 aliphatic heterocycles. The molecule has 0 saturated heterocycles. The second kappa shape index (κ2) is 8.80. The lowest BCUT2D eigenvalue weighted by atomic mass is 9.85. The molecule has 2 aromatic rings. The van der Waals surface area contributed by atoms with Gasteiger partial charge in [0.05, 0.1) is 6.54 Å². The van der Waals surface area contributed by atoms with Crippen molar-refractivity contribution in [1.29, 1.82) is 0 Å². The zero-order valence-electron chi connectivity index (χ0n) is 15.2. The zero-order chi connectivity index (χ0) is 18.4. The molecule has 3 rings (SSSR count). The molecule has 26 heavy (non-hydrogen) atoms. The van der Waals surface area contributed by atoms with Crippen LogP contribution in [0, 0.1) is 12.8 Å². The molecule has 0 spiro atoms. The monoisotopic (exact) mass is 371 g/mol. The zero-order valence-corrected chi connectivity index (χ0v) is 16.0. The van der Waals surface area contributed by atoms with Gasteiger partial charge in [0.1, 0.15) is 5.01 Å². The summed E-state index contributed by atoms with van der Waals surface area (Å²) >= 11 is 1.67. The van der Waals surface area contributed by atoms with Crippen molar-refractivity contribution in [2.75, 3.05) is 12.4 Å². The number of guanidine groups is 1. The summed E-state index contributed by atoms with van der Waals surface area (Å²) in [6.45, 7) is 3.32. The summed E-state index contributed by atoms with van der Waals surface area (Å²) in [4.78, 5) is 21.9. The maximum absolute atomic E-state index is 12.1. The Balaban J connectivity index is 1.49. The number of aromatic nitrogens is 1. The minimum absolute atomic E-state index is 0.137. The standard InChI is InChI=1S/C19H25N5OS/c1-13-10-21-17(26-13)12-23-19(20-2)22-11-14-5-3-8-16(9-14)24-18(25)15-6-4-7-15/h3,5,8-10,15H,4,6-7,11-12H2,1-2H3,(H,24,25)(H2,20,22,23). The average Bonchev–Trinajstić information content (AvgIpc) is 2.99. The number of nitrogens with one attached hydrogen (secondary N) is 3. The number of carbonyl (C=O) groups is 1. The number of hydrogen-bond acceptors (Lipinski definition) is 4. The second-order valence-corrected chi connectivity index (χ2v) is 7.78. The summed E-state index contributed by atoms with van der Waals surface area (Å²) < 4.78 is 0. The Hall–Kier alpha value is -2.41. The predicted octanol–water partition coefficient (Wildman–Crippen LogP) is 3.06. The predicted molar refractivity (Wildman–Crippen MR) is 106 cm³/mol. The highest BCUT2D eigenvalue weighted by molar-refractivity contribution is 7.11. The first-order valence-corrected chi connectivity index (χ1v) is 9.71. The van der Waals surface area contributed by atoms with Crippen molar-refractivity contribution < 1.29 is 4.79 Å². The molecule has 3 N–H and O–H groups in total. The van der Waals surface area contributed by atoms with Crippen molar-refractivity contribution in [2.45, 2.75) is 39.3 Å². The van der Waals surface area contributed by atoms with Gasteiger partial charge in [-0.05, 0) is 37.5 Å². The molecule has 6 nitrogen and oxygen atoms in total. The maximum Gasteiger partial charge on any atom is 0.227 e. The highest BCUT2D eigenvalue weighted by Gasteiger charge is 2.25. The van der Waals surface area contributed by atoms with E-state index in [1.54, 1.807) is 18.4 Å². The van der Waals surface area contributed by atoms with Crippen molar-refractivity contribution >= 4 is 28.9 Å². The summed E-state index contributed by atoms with van der Waals surface area (Å²) in [5.74, 6) is 1.05. The van der Waals surface area contributed by atoms with Crippen LogP contribution in [0.15, 0.2) is 35.5 Å². The molecule has 1 amide bonds. The summed E-state index contributed by atoms with van der Waals surface area (Å²) in [6, 6.07) is 7.92. The van der Waals surface area contributed by atoms with E-state index in [-0.39, 0.29) is 11.8 Å². The Kier molecular flexibility index (Phi) is 6.22. The molecular formula is C19H25N5OS. The smallest absolute Gasteiger partial charge is 0.227 e. The molecule has 1 saturated carbocycles. The number of hydrogen-bond donors (Lipinski definition) is 3. The molecule has 7 heteroatoms. The minimum Gasteiger partial charge on any atom is -0.352 e. The van der Waals surface area contributed by atoms with Gasteiger partial charge in [0.2, 0.25) is 5.91 Å². The van der Waals surface area contributed by atoms with Gasteiger partial charge in [0.15, 0.2) is 5.96 Å². The molecule has 0 radical (unpaired) electrons. The van der Waals surface area contributed by atoms with Crippen molar-refractivity contribution in [3.8, 4) is 0 Å². The van der Waals surface area contributed by atoms with Crippen LogP contribution in [-0.2, 0) is 17.9 Å². The molecular weight excluding hydrogens is 346 g/mol. The fourth-order valence-electron chi connectivity index (χ4n) is 2.72. The van der Waals surface area contributed by atoms with Crippen LogP contribution >= 0.6 is 11.3 Å². The third-order valence-electron chi connectivity index (χ3n) is 4.43. The minimum atomic E-state index is 0.137. The highest BCUT2D eigenvalue weighted by atomic mass is 32.1. The normalized spacial score (nSPS) is 14.6. The fourth-order valence-corrected chi connectivity index (χ4v) is 3.45. The number of thiazole rings is 1. The molecule has 0 unspecified atom stereocenters. The van der Waals surface area contributed by atoms with Gasteiger partial charge in [-0.3, -0.25) is 9.79 Å². The van der Waals surface area contributed by atoms with Crippen LogP contribution in [-0.4, -0.2) is 23.9 Å². The van der Waals surface area contributed by atoms with E-state index in [1.165, 1.54) is 4.88 Å². The Morgan fingerprint density at radius 3 is 2.77 bits per heavy atom. The number of aryl methyl sites for hydroxylation is 1. The van der Waals surface area contributed by atoms with Crippen LogP contribution < -0.4 is 16.0 Å². The third kappa shape index (κ3) is 5.05. The van der Waals surface area contributed by atoms with E-state index in [4.69, 9.17) is 0 Å². The lowest BCUT2D eigenvalue weighted by Gasteiger charge is -2.24. The van der Waals surface area contributed by atoms with Crippen LogP contribution in [0.2, 0.25) is 0 Å². The molecule has 1 aliphatic carbocycles. The largest absolute Gasteiger partial charge is 0.352 e. The molecule has 1 aromatic carbocycles. The molecule has 0 atom stereocenters. The molecule has 1 heterocycles. The number of amides is 1. The van der Waals surface area contributed by atoms with Crippen LogP contribution in [0.3, 0.4) is 0 Å². The Labute approximate surface area is 158 Å². The topological polar surface area (TPSA) is 78.4 Å². The van der Waals surface area contributed by atoms with Crippen LogP contribution in [0.4, 0.5) is 5.69 Å². The van der Waals surface area contributed by atoms with E-state index in [9.17, 15) is 4.79 Å². The summed E-state index contributed by atoms with van der Waals surface area (Å²) in [6.07, 6.45) is 5.05. The van der Waals surface area contributed by atoms with Gasteiger partial charge in [-0.1, -0.05) is 18.6 Å². The van der Waals surface area contributed by atoms with Crippen molar-refractivity contribution in [1.82, 2.24) is 15.6 Å². The van der Waals surface area contributed by atoms with Crippen LogP contribution in [0.5, 0.6) is 0 Å². The number of nitrogens with zero attached hydrogens (tertiary/aromatic N) is 2. The van der Waals surface area contributed by atoms with Gasteiger partial charge in [-0.25, -0.2) is 4.98 Å². The van der Waals surface area contributed by atoms with E-state index in [0.29, 0.717) is 13.1 Å². The van der Waals surface area contributed by atoms with E-state index in [0.717, 1.165) is 41.5 Å². The summed E-state index contributed by atoms with van der Waals surface area (Å²) in [7, 11) is 1.75. The van der Waals surface area contributed by atoms with Gasteiger partial charge in [0, 0.05) is 36.3 Å². The number of aliphatic imine (C=N–C) groups is 1. The quantitative estimate of drug-likeness (QED) is 0.539. The fraction of sp³-hybridized carbons (Fsp3) is 0.421. The Bertz CT molecular complexity index is 782. The summed E-state index contributed by atoms with van der Waals surface area (Å²) in [5.41, 5.74) is 1.94. The Morgan fingerprint density at radius 2 is 2.12 bits per heavy atom. The average molecular weight is 372 g/mol. The van der Waals surface area contributed by atoms with Crippen molar-refractivity contribution in [3.63, 3.8) is 0 Å². The van der Waals surface area contributed by atoms with Crippen LogP contribution in [0.1, 0.15) is 34.7 Å². The highest BCUT2D eigenvalue weighted by Crippen LogP contribution is 2.27. The molecule has 1 fully saturated rings. The number of anilines is 1. The number of carbonyl (C=O) groups excluding carboxylic acids is 1. The van der Waals surface area contributed by atoms with Gasteiger partial charge in [0.25, 0.3) is 0 Å². The van der Waals surface area contributed by atoms with E-state index in [1.807, 2.05) is 37.4 Å². The van der Waals surface area contributed by atoms with E-state index < -0.39 is 0 Å². The van der Waals surface area contributed by atoms with Gasteiger partial charge in [-0.15, -0.1) is 11.3 Å². The van der Waals surface area contributed by atoms with E-state index >= 15 is 0 Å². The molecule has 0 bridgehead atoms. The molecule has 1 aromatic heterocycles. The first kappa shape index (κ1) is 18.4. The SMILES string of the molecule is CN=C(NCc1cccc(NC(=O)C2CCC2)c1)NCc1ncc(C)s1. The molecule has 138 valence electrons. The van der Waals surface area contributed by atoms with Crippen molar-refractivity contribution in [3.05, 3.63) is 45.9 Å². The Morgan fingerprint density at radius 1 is 1.31 bits per heavy atom.